The Morgan fingerprint density at radius 2 is 2.27 bits per heavy atom. The molecule has 15 heavy (non-hydrogen) atoms. The molecule has 3 nitrogen and oxygen atoms in total. The summed E-state index contributed by atoms with van der Waals surface area (Å²) in [4.78, 5) is 15.7. The number of methoxy groups -OCH3 is 1. The lowest BCUT2D eigenvalue weighted by atomic mass is 9.65. The minimum Gasteiger partial charge on any atom is -0.468 e. The molecule has 0 aromatic carbocycles. The molecular weight excluding hydrogens is 214 g/mol. The van der Waals surface area contributed by atoms with Gasteiger partial charge < -0.3 is 4.74 Å². The topological polar surface area (TPSA) is 39.2 Å². The number of pyridine rings is 1. The highest BCUT2D eigenvalue weighted by Crippen LogP contribution is 2.44. The molecule has 0 aliphatic heterocycles. The molecule has 1 aromatic heterocycles. The van der Waals surface area contributed by atoms with Gasteiger partial charge in [0.15, 0.2) is 0 Å². The summed E-state index contributed by atoms with van der Waals surface area (Å²) in [5.74, 6) is -0.169. The van der Waals surface area contributed by atoms with Gasteiger partial charge >= 0.3 is 5.97 Å². The summed E-state index contributed by atoms with van der Waals surface area (Å²) >= 11 is 5.71. The number of esters is 1. The molecule has 1 heterocycles. The number of carbonyl (C=O) groups is 1. The highest BCUT2D eigenvalue weighted by atomic mass is 35.5. The summed E-state index contributed by atoms with van der Waals surface area (Å²) in [5, 5.41) is 0.443. The Bertz CT molecular complexity index is 371. The van der Waals surface area contributed by atoms with Crippen LogP contribution in [0.15, 0.2) is 18.3 Å². The summed E-state index contributed by atoms with van der Waals surface area (Å²) in [6.45, 7) is 0. The first-order valence-electron chi connectivity index (χ1n) is 4.89. The molecule has 1 aliphatic carbocycles. The van der Waals surface area contributed by atoms with E-state index < -0.39 is 5.41 Å². The van der Waals surface area contributed by atoms with Crippen molar-refractivity contribution in [2.24, 2.45) is 0 Å². The van der Waals surface area contributed by atoms with Gasteiger partial charge in [-0.3, -0.25) is 4.79 Å². The van der Waals surface area contributed by atoms with Crippen LogP contribution in [0, 0.1) is 0 Å². The van der Waals surface area contributed by atoms with Crippen LogP contribution in [0.4, 0.5) is 0 Å². The Morgan fingerprint density at radius 3 is 2.67 bits per heavy atom. The molecule has 0 spiro atoms. The third-order valence-electron chi connectivity index (χ3n) is 3.06. The second-order valence-electron chi connectivity index (χ2n) is 3.80. The van der Waals surface area contributed by atoms with E-state index in [1.165, 1.54) is 7.11 Å². The van der Waals surface area contributed by atoms with Crippen molar-refractivity contribution >= 4 is 17.6 Å². The molecule has 0 N–H and O–H groups in total. The lowest BCUT2D eigenvalue weighted by molar-refractivity contribution is -0.151. The van der Waals surface area contributed by atoms with Crippen molar-refractivity contribution in [1.29, 1.82) is 0 Å². The molecule has 0 atom stereocenters. The molecule has 0 radical (unpaired) electrons. The van der Waals surface area contributed by atoms with Gasteiger partial charge in [0.2, 0.25) is 0 Å². The van der Waals surface area contributed by atoms with Gasteiger partial charge in [0.25, 0.3) is 0 Å². The van der Waals surface area contributed by atoms with Crippen LogP contribution in [0.25, 0.3) is 0 Å². The smallest absolute Gasteiger partial charge is 0.316 e. The summed E-state index contributed by atoms with van der Waals surface area (Å²) in [6.07, 6.45) is 4.39. The van der Waals surface area contributed by atoms with Crippen LogP contribution in [0.5, 0.6) is 0 Å². The molecule has 1 aromatic rings. The molecule has 80 valence electrons. The van der Waals surface area contributed by atoms with Gasteiger partial charge in [0.05, 0.1) is 12.5 Å². The second kappa shape index (κ2) is 3.81. The minimum atomic E-state index is -0.466. The van der Waals surface area contributed by atoms with E-state index >= 15 is 0 Å². The fraction of sp³-hybridized carbons (Fsp3) is 0.455. The number of carbonyl (C=O) groups excluding carboxylic acids is 1. The van der Waals surface area contributed by atoms with Crippen molar-refractivity contribution in [1.82, 2.24) is 4.98 Å². The van der Waals surface area contributed by atoms with E-state index in [1.54, 1.807) is 12.3 Å². The lowest BCUT2D eigenvalue weighted by Gasteiger charge is -2.38. The fourth-order valence-corrected chi connectivity index (χ4v) is 2.11. The summed E-state index contributed by atoms with van der Waals surface area (Å²) in [7, 11) is 1.42. The number of hydrogen-bond acceptors (Lipinski definition) is 3. The molecule has 1 aliphatic rings. The van der Waals surface area contributed by atoms with Crippen LogP contribution in [-0.2, 0) is 14.9 Å². The summed E-state index contributed by atoms with van der Waals surface area (Å²) in [5.41, 5.74) is 0.441. The maximum absolute atomic E-state index is 11.7. The highest BCUT2D eigenvalue weighted by molar-refractivity contribution is 6.29. The number of aromatic nitrogens is 1. The van der Waals surface area contributed by atoms with Gasteiger partial charge in [-0.1, -0.05) is 24.1 Å². The van der Waals surface area contributed by atoms with Crippen molar-refractivity contribution in [2.45, 2.75) is 24.7 Å². The van der Waals surface area contributed by atoms with Gasteiger partial charge in [0.1, 0.15) is 5.15 Å². The van der Waals surface area contributed by atoms with Gasteiger partial charge in [-0.2, -0.15) is 0 Å². The number of hydrogen-bond donors (Lipinski definition) is 0. The quantitative estimate of drug-likeness (QED) is 0.573. The van der Waals surface area contributed by atoms with Crippen molar-refractivity contribution in [3.05, 3.63) is 29.0 Å². The third-order valence-corrected chi connectivity index (χ3v) is 3.29. The molecule has 1 saturated carbocycles. The van der Waals surface area contributed by atoms with Crippen LogP contribution >= 0.6 is 11.6 Å². The van der Waals surface area contributed by atoms with Crippen LogP contribution < -0.4 is 0 Å². The van der Waals surface area contributed by atoms with Gasteiger partial charge in [-0.25, -0.2) is 4.98 Å². The number of halogens is 1. The van der Waals surface area contributed by atoms with E-state index in [9.17, 15) is 4.79 Å². The molecule has 2 rings (SSSR count). The number of rotatable bonds is 2. The first-order chi connectivity index (χ1) is 7.19. The zero-order chi connectivity index (χ0) is 10.9. The number of ether oxygens (including phenoxy) is 1. The summed E-state index contributed by atoms with van der Waals surface area (Å²) < 4.78 is 4.84. The average molecular weight is 226 g/mol. The van der Waals surface area contributed by atoms with E-state index in [0.717, 1.165) is 24.8 Å². The van der Waals surface area contributed by atoms with Crippen molar-refractivity contribution in [3.63, 3.8) is 0 Å². The highest BCUT2D eigenvalue weighted by Gasteiger charge is 2.46. The Kier molecular flexibility index (Phi) is 2.65. The Morgan fingerprint density at radius 1 is 1.53 bits per heavy atom. The van der Waals surface area contributed by atoms with Crippen LogP contribution in [0.3, 0.4) is 0 Å². The van der Waals surface area contributed by atoms with Crippen molar-refractivity contribution < 1.29 is 9.53 Å². The molecule has 1 fully saturated rings. The largest absolute Gasteiger partial charge is 0.468 e. The normalized spacial score (nSPS) is 18.0. The summed E-state index contributed by atoms with van der Waals surface area (Å²) in [6, 6.07) is 3.56. The second-order valence-corrected chi connectivity index (χ2v) is 4.18. The Balaban J connectivity index is 2.34. The Hall–Kier alpha value is -1.09. The van der Waals surface area contributed by atoms with Crippen LogP contribution in [-0.4, -0.2) is 18.1 Å². The third kappa shape index (κ3) is 1.61. The Labute approximate surface area is 93.4 Å². The van der Waals surface area contributed by atoms with Gasteiger partial charge in [0, 0.05) is 6.20 Å². The molecular formula is C11H12ClNO2. The molecule has 0 bridgehead atoms. The van der Waals surface area contributed by atoms with E-state index in [4.69, 9.17) is 16.3 Å². The monoisotopic (exact) mass is 225 g/mol. The zero-order valence-electron chi connectivity index (χ0n) is 8.50. The first kappa shape index (κ1) is 10.4. The zero-order valence-corrected chi connectivity index (χ0v) is 9.25. The SMILES string of the molecule is COC(=O)C1(c2ccc(Cl)nc2)CCC1. The van der Waals surface area contributed by atoms with E-state index in [2.05, 4.69) is 4.98 Å². The van der Waals surface area contributed by atoms with E-state index in [1.807, 2.05) is 6.07 Å². The van der Waals surface area contributed by atoms with Crippen LogP contribution in [0.1, 0.15) is 24.8 Å². The predicted octanol–water partition coefficient (Wildman–Crippen LogP) is 2.33. The van der Waals surface area contributed by atoms with E-state index in [-0.39, 0.29) is 5.97 Å². The predicted molar refractivity (Wildman–Crippen MR) is 56.8 cm³/mol. The molecule has 0 saturated heterocycles. The fourth-order valence-electron chi connectivity index (χ4n) is 2.00. The number of nitrogens with zero attached hydrogens (tertiary/aromatic N) is 1. The van der Waals surface area contributed by atoms with Gasteiger partial charge in [-0.15, -0.1) is 0 Å². The van der Waals surface area contributed by atoms with Crippen molar-refractivity contribution in [2.75, 3.05) is 7.11 Å². The van der Waals surface area contributed by atoms with Crippen molar-refractivity contribution in [3.8, 4) is 0 Å². The molecule has 0 unspecified atom stereocenters. The molecule has 4 heteroatoms. The van der Waals surface area contributed by atoms with E-state index in [0.29, 0.717) is 5.15 Å². The van der Waals surface area contributed by atoms with Crippen LogP contribution in [0.2, 0.25) is 5.15 Å². The van der Waals surface area contributed by atoms with Gasteiger partial charge in [-0.05, 0) is 24.5 Å². The lowest BCUT2D eigenvalue weighted by Crippen LogP contribution is -2.43. The maximum atomic E-state index is 11.7. The minimum absolute atomic E-state index is 0.169. The maximum Gasteiger partial charge on any atom is 0.316 e. The first-order valence-corrected chi connectivity index (χ1v) is 5.27. The standard InChI is InChI=1S/C11H12ClNO2/c1-15-10(14)11(5-2-6-11)8-3-4-9(12)13-7-8/h3-4,7H,2,5-6H2,1H3. The average Bonchev–Trinajstić information content (AvgIpc) is 2.19. The molecule has 0 amide bonds.